The number of hydrogen-bond acceptors (Lipinski definition) is 3. The van der Waals surface area contributed by atoms with Gasteiger partial charge in [-0.1, -0.05) is 60.3 Å². The molecule has 4 heteroatoms. The maximum Gasteiger partial charge on any atom is 0.306 e. The third-order valence-corrected chi connectivity index (χ3v) is 5.78. The maximum absolute atomic E-state index is 11.0. The van der Waals surface area contributed by atoms with Gasteiger partial charge in [-0.25, -0.2) is 9.78 Å². The van der Waals surface area contributed by atoms with Crippen LogP contribution in [0.25, 0.3) is 0 Å². The lowest BCUT2D eigenvalue weighted by Crippen LogP contribution is -2.46. The third-order valence-electron chi connectivity index (χ3n) is 5.78. The lowest BCUT2D eigenvalue weighted by Gasteiger charge is -2.44. The summed E-state index contributed by atoms with van der Waals surface area (Å²) < 4.78 is 0. The summed E-state index contributed by atoms with van der Waals surface area (Å²) in [4.78, 5) is 22.5. The average molecular weight is 343 g/mol. The molecule has 0 bridgehead atoms. The van der Waals surface area contributed by atoms with E-state index in [-0.39, 0.29) is 24.0 Å². The molecule has 0 aromatic carbocycles. The molecule has 0 radical (unpaired) electrons. The summed E-state index contributed by atoms with van der Waals surface area (Å²) >= 11 is 0. The summed E-state index contributed by atoms with van der Waals surface area (Å²) in [6, 6.07) is 0. The lowest BCUT2D eigenvalue weighted by atomic mass is 9.75. The molecule has 24 heavy (non-hydrogen) atoms. The molecular weight excluding hydrogens is 304 g/mol. The quantitative estimate of drug-likeness (QED) is 0.497. The van der Waals surface area contributed by atoms with Gasteiger partial charge in [-0.2, -0.15) is 0 Å². The van der Waals surface area contributed by atoms with Crippen LogP contribution in [0.1, 0.15) is 92.4 Å². The summed E-state index contributed by atoms with van der Waals surface area (Å²) in [5, 5.41) is 9.05. The van der Waals surface area contributed by atoms with Gasteiger partial charge in [0.15, 0.2) is 0 Å². The summed E-state index contributed by atoms with van der Waals surface area (Å²) in [5.41, 5.74) is -0.250. The number of hydrogen-bond donors (Lipinski definition) is 1. The van der Waals surface area contributed by atoms with Crippen LogP contribution < -0.4 is 0 Å². The Morgan fingerprint density at radius 2 is 2.00 bits per heavy atom. The van der Waals surface area contributed by atoms with Crippen LogP contribution in [0.3, 0.4) is 0 Å². The second kappa shape index (κ2) is 10.4. The summed E-state index contributed by atoms with van der Waals surface area (Å²) in [5.74, 6) is 0.841. The van der Waals surface area contributed by atoms with Crippen LogP contribution in [0.4, 0.5) is 0 Å². The fourth-order valence-electron chi connectivity index (χ4n) is 4.32. The molecule has 0 saturated carbocycles. The van der Waals surface area contributed by atoms with Crippen molar-refractivity contribution < 1.29 is 19.7 Å². The van der Waals surface area contributed by atoms with Gasteiger partial charge in [-0.05, 0) is 43.4 Å². The Labute approximate surface area is 148 Å². The van der Waals surface area contributed by atoms with E-state index in [0.29, 0.717) is 5.92 Å². The average Bonchev–Trinajstić information content (AvgIpc) is 2.55. The van der Waals surface area contributed by atoms with Crippen molar-refractivity contribution in [3.8, 4) is 0 Å². The van der Waals surface area contributed by atoms with Crippen LogP contribution >= 0.6 is 0 Å². The van der Waals surface area contributed by atoms with Gasteiger partial charge in [-0.15, -0.1) is 0 Å². The number of aliphatic carboxylic acids is 1. The highest BCUT2D eigenvalue weighted by Gasteiger charge is 2.43. The highest BCUT2D eigenvalue weighted by atomic mass is 17.2. The normalized spacial score (nSPS) is 30.0. The van der Waals surface area contributed by atoms with Gasteiger partial charge in [-0.3, -0.25) is 4.79 Å². The van der Waals surface area contributed by atoms with Crippen LogP contribution in [0.5, 0.6) is 0 Å². The Balaban J connectivity index is 2.67. The largest absolute Gasteiger partial charge is 0.481 e. The standard InChI is InChI=1S/C20H38O4/c1-6-10-16(7-2)11-15(5)13-20(9-4)14-17(8-3)18(23-24-20)12-19(21)22/h15-18H,6-14H2,1-5H3,(H,21,22)/t15-,16-,17-,18-,20+/m0/s1. The number of rotatable bonds is 11. The first-order valence-electron chi connectivity index (χ1n) is 9.95. The molecule has 5 atom stereocenters. The molecule has 1 rings (SSSR count). The molecule has 0 aromatic rings. The molecular formula is C20H38O4. The Kier molecular flexibility index (Phi) is 9.28. The predicted octanol–water partition coefficient (Wildman–Crippen LogP) is 5.60. The van der Waals surface area contributed by atoms with Crippen LogP contribution in [0.2, 0.25) is 0 Å². The lowest BCUT2D eigenvalue weighted by molar-refractivity contribution is -0.424. The maximum atomic E-state index is 11.0. The minimum atomic E-state index is -0.815. The van der Waals surface area contributed by atoms with E-state index in [9.17, 15) is 4.79 Å². The van der Waals surface area contributed by atoms with E-state index >= 15 is 0 Å². The summed E-state index contributed by atoms with van der Waals surface area (Å²) in [7, 11) is 0. The van der Waals surface area contributed by atoms with Gasteiger partial charge >= 0.3 is 5.97 Å². The van der Waals surface area contributed by atoms with Crippen molar-refractivity contribution in [2.75, 3.05) is 0 Å². The smallest absolute Gasteiger partial charge is 0.306 e. The van der Waals surface area contributed by atoms with Crippen molar-refractivity contribution in [1.29, 1.82) is 0 Å². The van der Waals surface area contributed by atoms with Gasteiger partial charge in [0.05, 0.1) is 6.42 Å². The highest BCUT2D eigenvalue weighted by molar-refractivity contribution is 5.67. The zero-order chi connectivity index (χ0) is 18.2. The first kappa shape index (κ1) is 21.4. The topological polar surface area (TPSA) is 55.8 Å². The van der Waals surface area contributed by atoms with E-state index in [0.717, 1.165) is 31.6 Å². The molecule has 4 nitrogen and oxygen atoms in total. The fraction of sp³-hybridized carbons (Fsp3) is 0.950. The van der Waals surface area contributed by atoms with Gasteiger partial charge in [0, 0.05) is 0 Å². The van der Waals surface area contributed by atoms with E-state index in [4.69, 9.17) is 14.9 Å². The van der Waals surface area contributed by atoms with Crippen LogP contribution in [0, 0.1) is 17.8 Å². The molecule has 0 spiro atoms. The number of carboxylic acid groups (broad SMARTS) is 1. The van der Waals surface area contributed by atoms with Crippen molar-refractivity contribution >= 4 is 5.97 Å². The van der Waals surface area contributed by atoms with Gasteiger partial charge in [0.2, 0.25) is 0 Å². The van der Waals surface area contributed by atoms with Crippen LogP contribution in [-0.4, -0.2) is 22.8 Å². The first-order chi connectivity index (χ1) is 11.4. The van der Waals surface area contributed by atoms with Crippen molar-refractivity contribution in [3.63, 3.8) is 0 Å². The monoisotopic (exact) mass is 342 g/mol. The van der Waals surface area contributed by atoms with Gasteiger partial charge < -0.3 is 5.11 Å². The molecule has 0 aromatic heterocycles. The van der Waals surface area contributed by atoms with Crippen LogP contribution in [-0.2, 0) is 14.6 Å². The molecule has 1 aliphatic rings. The zero-order valence-electron chi connectivity index (χ0n) is 16.3. The Morgan fingerprint density at radius 1 is 1.29 bits per heavy atom. The van der Waals surface area contributed by atoms with E-state index in [2.05, 4.69) is 34.6 Å². The van der Waals surface area contributed by atoms with Crippen molar-refractivity contribution in [2.45, 2.75) is 104 Å². The zero-order valence-corrected chi connectivity index (χ0v) is 16.3. The van der Waals surface area contributed by atoms with Crippen molar-refractivity contribution in [3.05, 3.63) is 0 Å². The molecule has 1 aliphatic heterocycles. The van der Waals surface area contributed by atoms with Gasteiger partial charge in [0.1, 0.15) is 11.7 Å². The van der Waals surface area contributed by atoms with E-state index < -0.39 is 5.97 Å². The summed E-state index contributed by atoms with van der Waals surface area (Å²) in [6.07, 6.45) is 8.51. The predicted molar refractivity (Wildman–Crippen MR) is 96.7 cm³/mol. The first-order valence-corrected chi connectivity index (χ1v) is 9.95. The molecule has 0 aliphatic carbocycles. The molecule has 142 valence electrons. The van der Waals surface area contributed by atoms with Crippen molar-refractivity contribution in [2.24, 2.45) is 17.8 Å². The molecule has 1 saturated heterocycles. The minimum Gasteiger partial charge on any atom is -0.481 e. The Bertz CT molecular complexity index is 371. The number of carboxylic acids is 1. The molecule has 1 heterocycles. The summed E-state index contributed by atoms with van der Waals surface area (Å²) in [6.45, 7) is 11.1. The minimum absolute atomic E-state index is 0.0300. The molecule has 0 unspecified atom stereocenters. The molecule has 1 N–H and O–H groups in total. The van der Waals surface area contributed by atoms with Gasteiger partial charge in [0.25, 0.3) is 0 Å². The SMILES string of the molecule is CCC[C@H](CC)C[C@H](C)C[C@]1(CC)C[C@H](CC)[C@H](CC(=O)O)OO1. The van der Waals surface area contributed by atoms with Crippen LogP contribution in [0.15, 0.2) is 0 Å². The highest BCUT2D eigenvalue weighted by Crippen LogP contribution is 2.41. The number of carbonyl (C=O) groups is 1. The second-order valence-electron chi connectivity index (χ2n) is 7.83. The third kappa shape index (κ3) is 6.36. The van der Waals surface area contributed by atoms with E-state index in [1.54, 1.807) is 0 Å². The Hall–Kier alpha value is -0.610. The molecule has 0 amide bonds. The van der Waals surface area contributed by atoms with Crippen molar-refractivity contribution in [1.82, 2.24) is 0 Å². The van der Waals surface area contributed by atoms with E-state index in [1.807, 2.05) is 0 Å². The molecule has 1 fully saturated rings. The second-order valence-corrected chi connectivity index (χ2v) is 7.83. The van der Waals surface area contributed by atoms with E-state index in [1.165, 1.54) is 25.7 Å². The Morgan fingerprint density at radius 3 is 2.50 bits per heavy atom. The fourth-order valence-corrected chi connectivity index (χ4v) is 4.32.